The maximum atomic E-state index is 14.3. The van der Waals surface area contributed by atoms with Gasteiger partial charge >= 0.3 is 6.09 Å². The van der Waals surface area contributed by atoms with Crippen molar-refractivity contribution in [3.05, 3.63) is 54.1 Å². The molecule has 2 aromatic carbocycles. The molecule has 14 heteroatoms. The zero-order valence-corrected chi connectivity index (χ0v) is 35.8. The van der Waals surface area contributed by atoms with Crippen molar-refractivity contribution in [3.63, 3.8) is 0 Å². The van der Waals surface area contributed by atoms with Gasteiger partial charge in [-0.1, -0.05) is 83.5 Å². The highest BCUT2D eigenvalue weighted by atomic mass is 32.2. The molecule has 2 rings (SSSR count). The van der Waals surface area contributed by atoms with Gasteiger partial charge in [0.1, 0.15) is 18.1 Å². The topological polar surface area (TPSA) is 130 Å². The fourth-order valence-corrected chi connectivity index (χ4v) is 7.92. The molecule has 0 unspecified atom stereocenters. The fourth-order valence-electron chi connectivity index (χ4n) is 4.74. The van der Waals surface area contributed by atoms with E-state index in [1.165, 1.54) is 16.4 Å². The highest BCUT2D eigenvalue weighted by Gasteiger charge is 2.32. The second-order valence-electron chi connectivity index (χ2n) is 16.9. The molecule has 1 amide bonds. The van der Waals surface area contributed by atoms with Crippen molar-refractivity contribution in [1.82, 2.24) is 9.21 Å². The lowest BCUT2D eigenvalue weighted by atomic mass is 10.2. The minimum atomic E-state index is -4.05. The molecule has 2 aromatic rings. The third-order valence-electron chi connectivity index (χ3n) is 7.56. The minimum absolute atomic E-state index is 0.00652. The first-order valence-electron chi connectivity index (χ1n) is 17.9. The van der Waals surface area contributed by atoms with Gasteiger partial charge in [0.2, 0.25) is 10.0 Å². The minimum Gasteiger partial charge on any atom is -0.465 e. The number of benzene rings is 2. The van der Waals surface area contributed by atoms with Crippen molar-refractivity contribution < 1.29 is 36.9 Å². The molecule has 2 N–H and O–H groups in total. The predicted octanol–water partition coefficient (Wildman–Crippen LogP) is 7.74. The van der Waals surface area contributed by atoms with E-state index < -0.39 is 44.0 Å². The van der Waals surface area contributed by atoms with Crippen LogP contribution in [0.5, 0.6) is 5.75 Å². The summed E-state index contributed by atoms with van der Waals surface area (Å²) in [5.74, 6) is 0.343. The zero-order valence-electron chi connectivity index (χ0n) is 33.0. The van der Waals surface area contributed by atoms with Crippen molar-refractivity contribution >= 4 is 38.0 Å². The number of nitrogens with zero attached hydrogens (tertiary/aromatic N) is 2. The van der Waals surface area contributed by atoms with Crippen molar-refractivity contribution in [2.24, 2.45) is 5.92 Å². The number of nitrogens with two attached hydrogens (primary N) is 1. The molecule has 0 heterocycles. The Kier molecular flexibility index (Phi) is 17.6. The average Bonchev–Trinajstić information content (AvgIpc) is 2.98. The smallest absolute Gasteiger partial charge is 0.410 e. The van der Waals surface area contributed by atoms with Gasteiger partial charge in [-0.2, -0.15) is 4.31 Å². The fraction of sp³-hybridized carbons (Fsp3) is 0.649. The van der Waals surface area contributed by atoms with Crippen LogP contribution in [0.15, 0.2) is 53.4 Å². The molecule has 0 radical (unpaired) electrons. The Bertz CT molecular complexity index is 1440. The van der Waals surface area contributed by atoms with E-state index in [-0.39, 0.29) is 56.3 Å². The Morgan fingerprint density at radius 2 is 1.43 bits per heavy atom. The Balaban J connectivity index is 2.36. The predicted molar refractivity (Wildman–Crippen MR) is 211 cm³/mol. The summed E-state index contributed by atoms with van der Waals surface area (Å²) in [7, 11) is -6.63. The molecule has 0 saturated carbocycles. The number of anilines is 1. The zero-order chi connectivity index (χ0) is 38.5. The number of nitrogen functional groups attached to an aromatic ring is 1. The van der Waals surface area contributed by atoms with E-state index in [1.54, 1.807) is 11.0 Å². The SMILES string of the molecule is CC(C)CN(C[C@@H](CN(Cc1ccccc1)C(=O)OC(C)(C)C)OCOCC[Si](C)(C)C)S(=O)(=O)c1ccc(OCOCC[Si](C)(C)C)c(N)c1. The van der Waals surface area contributed by atoms with Gasteiger partial charge < -0.3 is 34.3 Å². The monoisotopic (exact) mass is 767 g/mol. The second kappa shape index (κ2) is 20.1. The highest BCUT2D eigenvalue weighted by molar-refractivity contribution is 7.89. The molecule has 0 saturated heterocycles. The average molecular weight is 768 g/mol. The molecule has 0 aliphatic rings. The van der Waals surface area contributed by atoms with E-state index >= 15 is 0 Å². The number of carbonyl (C=O) groups excluding carboxylic acids is 1. The largest absolute Gasteiger partial charge is 0.465 e. The normalized spacial score (nSPS) is 13.4. The molecule has 0 bridgehead atoms. The number of ether oxygens (including phenoxy) is 5. The summed E-state index contributed by atoms with van der Waals surface area (Å²) in [5.41, 5.74) is 6.66. The van der Waals surface area contributed by atoms with Gasteiger partial charge in [0, 0.05) is 49.0 Å². The quantitative estimate of drug-likeness (QED) is 0.0554. The van der Waals surface area contributed by atoms with Crippen LogP contribution in [-0.2, 0) is 35.5 Å². The van der Waals surface area contributed by atoms with Crippen molar-refractivity contribution in [3.8, 4) is 5.75 Å². The summed E-state index contributed by atoms with van der Waals surface area (Å²) in [6, 6.07) is 16.0. The molecule has 51 heavy (non-hydrogen) atoms. The summed E-state index contributed by atoms with van der Waals surface area (Å²) < 4.78 is 59.2. The first-order chi connectivity index (χ1) is 23.6. The van der Waals surface area contributed by atoms with Crippen LogP contribution in [0.2, 0.25) is 51.4 Å². The second-order valence-corrected chi connectivity index (χ2v) is 30.0. The van der Waals surface area contributed by atoms with E-state index in [9.17, 15) is 13.2 Å². The molecule has 11 nitrogen and oxygen atoms in total. The first kappa shape index (κ1) is 44.7. The summed E-state index contributed by atoms with van der Waals surface area (Å²) >= 11 is 0. The van der Waals surface area contributed by atoms with Crippen LogP contribution in [0.25, 0.3) is 0 Å². The number of amides is 1. The number of sulfonamides is 1. The van der Waals surface area contributed by atoms with Gasteiger partial charge in [0.05, 0.1) is 23.2 Å². The lowest BCUT2D eigenvalue weighted by molar-refractivity contribution is -0.0979. The third kappa shape index (κ3) is 18.2. The maximum absolute atomic E-state index is 14.3. The van der Waals surface area contributed by atoms with Gasteiger partial charge in [-0.15, -0.1) is 0 Å². The molecule has 290 valence electrons. The van der Waals surface area contributed by atoms with Gasteiger partial charge in [0.25, 0.3) is 0 Å². The molecule has 1 atom stereocenters. The van der Waals surface area contributed by atoms with Crippen LogP contribution in [-0.4, -0.2) is 98.0 Å². The summed E-state index contributed by atoms with van der Waals surface area (Å²) in [4.78, 5) is 15.1. The van der Waals surface area contributed by atoms with Crippen LogP contribution in [0.1, 0.15) is 40.2 Å². The van der Waals surface area contributed by atoms with Crippen LogP contribution in [0.4, 0.5) is 10.5 Å². The van der Waals surface area contributed by atoms with Gasteiger partial charge in [0.15, 0.2) is 6.79 Å². The molecule has 0 aliphatic heterocycles. The Morgan fingerprint density at radius 1 is 0.843 bits per heavy atom. The van der Waals surface area contributed by atoms with Crippen LogP contribution >= 0.6 is 0 Å². The van der Waals surface area contributed by atoms with Crippen molar-refractivity contribution in [1.29, 1.82) is 0 Å². The number of hydrogen-bond acceptors (Lipinski definition) is 9. The van der Waals surface area contributed by atoms with Gasteiger partial charge in [-0.3, -0.25) is 0 Å². The number of rotatable bonds is 22. The number of carbonyl (C=O) groups is 1. The Hall–Kier alpha value is -2.47. The van der Waals surface area contributed by atoms with E-state index in [0.29, 0.717) is 19.0 Å². The van der Waals surface area contributed by atoms with E-state index in [1.807, 2.05) is 65.0 Å². The Labute approximate surface area is 310 Å². The molecule has 0 aromatic heterocycles. The van der Waals surface area contributed by atoms with Crippen LogP contribution < -0.4 is 10.5 Å². The van der Waals surface area contributed by atoms with Gasteiger partial charge in [-0.05, 0) is 62.5 Å². The van der Waals surface area contributed by atoms with Crippen molar-refractivity contribution in [2.75, 3.05) is 52.2 Å². The molecular weight excluding hydrogens is 703 g/mol. The third-order valence-corrected chi connectivity index (χ3v) is 12.8. The van der Waals surface area contributed by atoms with Gasteiger partial charge in [-0.25, -0.2) is 13.2 Å². The molecular formula is C37H65N3O8SSi2. The number of hydrogen-bond donors (Lipinski definition) is 1. The molecule has 0 fully saturated rings. The highest BCUT2D eigenvalue weighted by Crippen LogP contribution is 2.28. The summed E-state index contributed by atoms with van der Waals surface area (Å²) in [5, 5.41) is 0. The van der Waals surface area contributed by atoms with Crippen LogP contribution in [0.3, 0.4) is 0 Å². The lowest BCUT2D eigenvalue weighted by Gasteiger charge is -2.33. The lowest BCUT2D eigenvalue weighted by Crippen LogP contribution is -2.47. The maximum Gasteiger partial charge on any atom is 0.410 e. The van der Waals surface area contributed by atoms with E-state index in [0.717, 1.165) is 17.7 Å². The molecule has 0 spiro atoms. The van der Waals surface area contributed by atoms with Crippen molar-refractivity contribution in [2.45, 2.75) is 109 Å². The molecule has 0 aliphatic carbocycles. The standard InChI is InChI=1S/C37H65N3O8SSi2/c1-30(2)24-40(49(42,43)33-17-18-35(34(38)23-33)47-29-45-20-22-51(9,10)11)27-32(46-28-44-19-21-50(6,7)8)26-39(36(41)48-37(3,4)5)25-31-15-13-12-14-16-31/h12-18,23,30,32H,19-22,24-29,38H2,1-11H3/t32-/m1/s1. The summed E-state index contributed by atoms with van der Waals surface area (Å²) in [6.45, 7) is 24.6. The van der Waals surface area contributed by atoms with E-state index in [4.69, 9.17) is 29.4 Å². The first-order valence-corrected chi connectivity index (χ1v) is 26.7. The summed E-state index contributed by atoms with van der Waals surface area (Å²) in [6.07, 6.45) is -1.26. The Morgan fingerprint density at radius 3 is 1.96 bits per heavy atom. The van der Waals surface area contributed by atoms with E-state index in [2.05, 4.69) is 39.3 Å². The van der Waals surface area contributed by atoms with Crippen LogP contribution in [0, 0.1) is 5.92 Å².